The second-order valence-corrected chi connectivity index (χ2v) is 4.58. The van der Waals surface area contributed by atoms with Gasteiger partial charge in [-0.3, -0.25) is 4.98 Å². The lowest BCUT2D eigenvalue weighted by atomic mass is 10.3. The van der Waals surface area contributed by atoms with Crippen molar-refractivity contribution in [3.8, 4) is 5.75 Å². The van der Waals surface area contributed by atoms with Crippen LogP contribution >= 0.6 is 23.2 Å². The van der Waals surface area contributed by atoms with Crippen LogP contribution < -0.4 is 15.4 Å². The molecule has 0 radical (unpaired) electrons. The number of carbonyl (C=O) groups excluding carboxylic acids is 1. The monoisotopic (exact) mass is 311 g/mol. The first-order valence-corrected chi connectivity index (χ1v) is 6.43. The van der Waals surface area contributed by atoms with Crippen LogP contribution in [0, 0.1) is 0 Å². The van der Waals surface area contributed by atoms with Gasteiger partial charge in [0.25, 0.3) is 0 Å². The zero-order valence-electron chi connectivity index (χ0n) is 10.3. The molecule has 0 spiro atoms. The average molecular weight is 312 g/mol. The van der Waals surface area contributed by atoms with Crippen molar-refractivity contribution in [2.24, 2.45) is 0 Å². The Balaban J connectivity index is 1.79. The molecule has 0 saturated heterocycles. The molecule has 2 N–H and O–H groups in total. The Morgan fingerprint density at radius 1 is 1.30 bits per heavy atom. The summed E-state index contributed by atoms with van der Waals surface area (Å²) in [5, 5.41) is 6.03. The maximum Gasteiger partial charge on any atom is 0.321 e. The molecule has 2 aromatic rings. The zero-order chi connectivity index (χ0) is 14.4. The van der Waals surface area contributed by atoms with Gasteiger partial charge in [-0.1, -0.05) is 23.2 Å². The molecular weight excluding hydrogens is 301 g/mol. The highest BCUT2D eigenvalue weighted by atomic mass is 35.5. The number of hydrogen-bond donors (Lipinski definition) is 2. The smallest absolute Gasteiger partial charge is 0.321 e. The largest absolute Gasteiger partial charge is 0.472 e. The topological polar surface area (TPSA) is 63.2 Å². The molecule has 7 heteroatoms. The number of halogens is 2. The van der Waals surface area contributed by atoms with Crippen LogP contribution in [0.1, 0.15) is 0 Å². The van der Waals surface area contributed by atoms with E-state index in [-0.39, 0.29) is 6.73 Å². The molecule has 0 bridgehead atoms. The van der Waals surface area contributed by atoms with Gasteiger partial charge in [-0.05, 0) is 30.3 Å². The Morgan fingerprint density at radius 3 is 2.85 bits per heavy atom. The summed E-state index contributed by atoms with van der Waals surface area (Å²) in [6.07, 6.45) is 3.16. The average Bonchev–Trinajstić information content (AvgIpc) is 2.42. The number of benzene rings is 1. The second kappa shape index (κ2) is 6.98. The Bertz CT molecular complexity index is 593. The van der Waals surface area contributed by atoms with E-state index < -0.39 is 6.03 Å². The first kappa shape index (κ1) is 14.4. The van der Waals surface area contributed by atoms with E-state index >= 15 is 0 Å². The minimum atomic E-state index is -0.400. The third kappa shape index (κ3) is 4.29. The van der Waals surface area contributed by atoms with Crippen LogP contribution in [-0.2, 0) is 0 Å². The van der Waals surface area contributed by atoms with Crippen LogP contribution in [0.2, 0.25) is 10.0 Å². The number of aromatic nitrogens is 1. The summed E-state index contributed by atoms with van der Waals surface area (Å²) in [4.78, 5) is 15.4. The fourth-order valence-corrected chi connectivity index (χ4v) is 1.85. The summed E-state index contributed by atoms with van der Waals surface area (Å²) in [6, 6.07) is 7.89. The van der Waals surface area contributed by atoms with Gasteiger partial charge in [-0.15, -0.1) is 0 Å². The lowest BCUT2D eigenvalue weighted by Gasteiger charge is -2.10. The van der Waals surface area contributed by atoms with Gasteiger partial charge in [0.05, 0.1) is 16.9 Å². The predicted molar refractivity (Wildman–Crippen MR) is 78.3 cm³/mol. The normalized spacial score (nSPS) is 9.90. The highest BCUT2D eigenvalue weighted by Crippen LogP contribution is 2.27. The zero-order valence-corrected chi connectivity index (χ0v) is 11.8. The second-order valence-electron chi connectivity index (χ2n) is 3.74. The van der Waals surface area contributed by atoms with Gasteiger partial charge in [0.1, 0.15) is 5.75 Å². The molecule has 1 aromatic carbocycles. The van der Waals surface area contributed by atoms with Crippen LogP contribution in [0.3, 0.4) is 0 Å². The number of pyridine rings is 1. The molecule has 0 aliphatic rings. The number of carbonyl (C=O) groups is 1. The number of anilines is 1. The van der Waals surface area contributed by atoms with Crippen LogP contribution in [0.15, 0.2) is 42.7 Å². The minimum Gasteiger partial charge on any atom is -0.472 e. The van der Waals surface area contributed by atoms with Crippen LogP contribution in [0.5, 0.6) is 5.75 Å². The summed E-state index contributed by atoms with van der Waals surface area (Å²) in [5.41, 5.74) is 0.592. The molecule has 2 amide bonds. The van der Waals surface area contributed by atoms with E-state index in [0.717, 1.165) is 0 Å². The van der Waals surface area contributed by atoms with E-state index in [2.05, 4.69) is 15.6 Å². The van der Waals surface area contributed by atoms with E-state index in [1.54, 1.807) is 36.5 Å². The molecule has 104 valence electrons. The van der Waals surface area contributed by atoms with Gasteiger partial charge in [0, 0.05) is 11.2 Å². The lowest BCUT2D eigenvalue weighted by Crippen LogP contribution is -2.32. The summed E-state index contributed by atoms with van der Waals surface area (Å²) in [5.74, 6) is 0.442. The summed E-state index contributed by atoms with van der Waals surface area (Å²) in [7, 11) is 0. The molecule has 0 aliphatic carbocycles. The highest BCUT2D eigenvalue weighted by molar-refractivity contribution is 6.35. The predicted octanol–water partition coefficient (Wildman–Crippen LogP) is 3.55. The molecule has 0 fully saturated rings. The molecule has 0 saturated carbocycles. The van der Waals surface area contributed by atoms with E-state index in [9.17, 15) is 4.79 Å². The van der Waals surface area contributed by atoms with Crippen molar-refractivity contribution in [2.45, 2.75) is 0 Å². The molecule has 1 heterocycles. The first-order chi connectivity index (χ1) is 9.65. The molecular formula is C13H11Cl2N3O2. The van der Waals surface area contributed by atoms with E-state index in [1.807, 2.05) is 0 Å². The molecule has 0 atom stereocenters. The molecule has 20 heavy (non-hydrogen) atoms. The van der Waals surface area contributed by atoms with Crippen molar-refractivity contribution in [1.82, 2.24) is 10.3 Å². The summed E-state index contributed by atoms with van der Waals surface area (Å²) < 4.78 is 5.32. The lowest BCUT2D eigenvalue weighted by molar-refractivity contribution is 0.234. The number of nitrogens with zero attached hydrogens (tertiary/aromatic N) is 1. The number of ether oxygens (including phenoxy) is 1. The Morgan fingerprint density at radius 2 is 2.15 bits per heavy atom. The fraction of sp³-hybridized carbons (Fsp3) is 0.0769. The third-order valence-corrected chi connectivity index (χ3v) is 2.80. The standard InChI is InChI=1S/C13H11Cl2N3O2/c14-9-3-4-12(11(15)6-9)20-8-17-13(19)18-10-2-1-5-16-7-10/h1-7H,8H2,(H2,17,18,19). The number of nitrogens with one attached hydrogen (secondary N) is 2. The highest BCUT2D eigenvalue weighted by Gasteiger charge is 2.04. The van der Waals surface area contributed by atoms with Crippen molar-refractivity contribution in [2.75, 3.05) is 12.0 Å². The number of hydrogen-bond acceptors (Lipinski definition) is 3. The summed E-state index contributed by atoms with van der Waals surface area (Å²) in [6.45, 7) is -0.0204. The Kier molecular flexibility index (Phi) is 5.03. The minimum absolute atomic E-state index is 0.0204. The van der Waals surface area contributed by atoms with Crippen molar-refractivity contribution >= 4 is 34.9 Å². The molecule has 2 rings (SSSR count). The van der Waals surface area contributed by atoms with Gasteiger partial charge < -0.3 is 15.4 Å². The molecule has 0 unspecified atom stereocenters. The van der Waals surface area contributed by atoms with Crippen LogP contribution in [-0.4, -0.2) is 17.7 Å². The quantitative estimate of drug-likeness (QED) is 0.849. The van der Waals surface area contributed by atoms with Crippen molar-refractivity contribution in [1.29, 1.82) is 0 Å². The fourth-order valence-electron chi connectivity index (χ4n) is 1.38. The summed E-state index contributed by atoms with van der Waals surface area (Å²) >= 11 is 11.7. The van der Waals surface area contributed by atoms with Gasteiger partial charge in [-0.25, -0.2) is 4.79 Å². The Hall–Kier alpha value is -1.98. The number of urea groups is 1. The number of rotatable bonds is 4. The SMILES string of the molecule is O=C(NCOc1ccc(Cl)cc1Cl)Nc1cccnc1. The van der Waals surface area contributed by atoms with Crippen molar-refractivity contribution in [3.63, 3.8) is 0 Å². The Labute approximate surface area is 125 Å². The maximum atomic E-state index is 11.6. The van der Waals surface area contributed by atoms with Gasteiger partial charge >= 0.3 is 6.03 Å². The van der Waals surface area contributed by atoms with E-state index in [0.29, 0.717) is 21.5 Å². The van der Waals surface area contributed by atoms with E-state index in [4.69, 9.17) is 27.9 Å². The first-order valence-electron chi connectivity index (χ1n) is 5.68. The van der Waals surface area contributed by atoms with Crippen molar-refractivity contribution in [3.05, 3.63) is 52.8 Å². The van der Waals surface area contributed by atoms with Crippen LogP contribution in [0.25, 0.3) is 0 Å². The van der Waals surface area contributed by atoms with E-state index in [1.165, 1.54) is 6.20 Å². The molecule has 1 aromatic heterocycles. The van der Waals surface area contributed by atoms with Gasteiger partial charge in [0.15, 0.2) is 6.73 Å². The third-order valence-electron chi connectivity index (χ3n) is 2.27. The van der Waals surface area contributed by atoms with Crippen molar-refractivity contribution < 1.29 is 9.53 Å². The number of amides is 2. The molecule has 5 nitrogen and oxygen atoms in total. The van der Waals surface area contributed by atoms with Gasteiger partial charge in [0.2, 0.25) is 0 Å². The van der Waals surface area contributed by atoms with Crippen LogP contribution in [0.4, 0.5) is 10.5 Å². The van der Waals surface area contributed by atoms with Gasteiger partial charge in [-0.2, -0.15) is 0 Å². The maximum absolute atomic E-state index is 11.6. The molecule has 0 aliphatic heterocycles.